The number of hydrogen-bond acceptors (Lipinski definition) is 5. The van der Waals surface area contributed by atoms with Crippen LogP contribution >= 0.6 is 0 Å². The zero-order valence-corrected chi connectivity index (χ0v) is 20.2. The zero-order valence-electron chi connectivity index (χ0n) is 19.4. The highest BCUT2D eigenvalue weighted by molar-refractivity contribution is 7.92. The number of ether oxygens (including phenoxy) is 1. The summed E-state index contributed by atoms with van der Waals surface area (Å²) in [6, 6.07) is 15.3. The van der Waals surface area contributed by atoms with Crippen molar-refractivity contribution in [1.29, 1.82) is 0 Å². The van der Waals surface area contributed by atoms with Crippen molar-refractivity contribution >= 4 is 21.6 Å². The summed E-state index contributed by atoms with van der Waals surface area (Å²) in [6.45, 7) is 6.17. The van der Waals surface area contributed by atoms with Crippen molar-refractivity contribution in [3.63, 3.8) is 0 Å². The van der Waals surface area contributed by atoms with Crippen LogP contribution in [0.25, 0.3) is 0 Å². The smallest absolute Gasteiger partial charge is 0.261 e. The van der Waals surface area contributed by atoms with Crippen molar-refractivity contribution in [1.82, 2.24) is 10.2 Å². The van der Waals surface area contributed by atoms with E-state index in [1.54, 1.807) is 24.3 Å². The average Bonchev–Trinajstić information content (AvgIpc) is 2.98. The van der Waals surface area contributed by atoms with Gasteiger partial charge in [-0.05, 0) is 48.6 Å². The number of sulfonamides is 1. The van der Waals surface area contributed by atoms with Crippen molar-refractivity contribution in [2.75, 3.05) is 30.2 Å². The molecule has 0 spiro atoms. The van der Waals surface area contributed by atoms with Crippen LogP contribution in [0, 0.1) is 5.92 Å². The molecule has 178 valence electrons. The number of para-hydroxylation sites is 2. The minimum Gasteiger partial charge on any atom is -0.478 e. The fourth-order valence-corrected chi connectivity index (χ4v) is 5.56. The molecule has 0 saturated carbocycles. The van der Waals surface area contributed by atoms with E-state index in [4.69, 9.17) is 4.74 Å². The second kappa shape index (κ2) is 10.1. The first-order chi connectivity index (χ1) is 15.8. The highest BCUT2D eigenvalue weighted by atomic mass is 32.2. The third-order valence-corrected chi connectivity index (χ3v) is 7.51. The number of nitrogens with zero attached hydrogens (tertiary/aromatic N) is 2. The van der Waals surface area contributed by atoms with E-state index in [1.165, 1.54) is 29.0 Å². The largest absolute Gasteiger partial charge is 0.478 e. The summed E-state index contributed by atoms with van der Waals surface area (Å²) in [5.41, 5.74) is 2.77. The molecule has 1 N–H and O–H groups in total. The summed E-state index contributed by atoms with van der Waals surface area (Å²) >= 11 is 0. The SMILES string of the molecule is CC1CCCN(Cc2ccc(CNC(=O)C3CCN(S(C)(=O)=O)c4ccccc4O3)cc2)C1. The Balaban J connectivity index is 1.34. The van der Waals surface area contributed by atoms with Gasteiger partial charge in [-0.25, -0.2) is 8.42 Å². The van der Waals surface area contributed by atoms with E-state index in [1.807, 2.05) is 0 Å². The molecule has 2 aliphatic heterocycles. The Kier molecular flexibility index (Phi) is 7.24. The summed E-state index contributed by atoms with van der Waals surface area (Å²) in [4.78, 5) is 15.3. The van der Waals surface area contributed by atoms with Crippen LogP contribution in [-0.4, -0.2) is 51.2 Å². The van der Waals surface area contributed by atoms with Crippen molar-refractivity contribution in [3.8, 4) is 5.75 Å². The first-order valence-electron chi connectivity index (χ1n) is 11.6. The van der Waals surface area contributed by atoms with Gasteiger partial charge >= 0.3 is 0 Å². The number of amides is 1. The van der Waals surface area contributed by atoms with Gasteiger partial charge in [0.15, 0.2) is 6.10 Å². The van der Waals surface area contributed by atoms with Gasteiger partial charge in [0.25, 0.3) is 5.91 Å². The predicted molar refractivity (Wildman–Crippen MR) is 130 cm³/mol. The Hall–Kier alpha value is -2.58. The minimum absolute atomic E-state index is 0.192. The van der Waals surface area contributed by atoms with Crippen molar-refractivity contribution in [2.24, 2.45) is 5.92 Å². The molecule has 0 radical (unpaired) electrons. The molecule has 2 aromatic rings. The number of anilines is 1. The molecular weight excluding hydrogens is 438 g/mol. The fourth-order valence-electron chi connectivity index (χ4n) is 4.61. The molecule has 2 heterocycles. The summed E-state index contributed by atoms with van der Waals surface area (Å²) in [5, 5.41) is 2.95. The van der Waals surface area contributed by atoms with Gasteiger partial charge in [0, 0.05) is 32.6 Å². The molecule has 8 heteroatoms. The molecule has 4 rings (SSSR count). The Labute approximate surface area is 196 Å². The maximum atomic E-state index is 12.8. The van der Waals surface area contributed by atoms with Crippen LogP contribution in [0.2, 0.25) is 0 Å². The lowest BCUT2D eigenvalue weighted by atomic mass is 9.99. The second-order valence-electron chi connectivity index (χ2n) is 9.21. The van der Waals surface area contributed by atoms with Gasteiger partial charge in [-0.1, -0.05) is 43.3 Å². The number of hydrogen-bond donors (Lipinski definition) is 1. The maximum absolute atomic E-state index is 12.8. The number of piperidine rings is 1. The number of likely N-dealkylation sites (tertiary alicyclic amines) is 1. The molecule has 1 fully saturated rings. The fraction of sp³-hybridized carbons (Fsp3) is 0.480. The molecule has 33 heavy (non-hydrogen) atoms. The number of carbonyl (C=O) groups is 1. The van der Waals surface area contributed by atoms with E-state index in [0.29, 0.717) is 18.0 Å². The lowest BCUT2D eigenvalue weighted by Crippen LogP contribution is -2.39. The number of nitrogens with one attached hydrogen (secondary N) is 1. The molecule has 0 aromatic heterocycles. The van der Waals surface area contributed by atoms with Gasteiger partial charge in [-0.3, -0.25) is 14.0 Å². The molecule has 2 atom stereocenters. The molecule has 2 unspecified atom stereocenters. The van der Waals surface area contributed by atoms with Crippen LogP contribution in [0.1, 0.15) is 37.3 Å². The van der Waals surface area contributed by atoms with Gasteiger partial charge in [0.05, 0.1) is 11.9 Å². The monoisotopic (exact) mass is 471 g/mol. The van der Waals surface area contributed by atoms with Crippen LogP contribution in [0.5, 0.6) is 5.75 Å². The molecule has 1 amide bonds. The highest BCUT2D eigenvalue weighted by Gasteiger charge is 2.30. The van der Waals surface area contributed by atoms with Crippen LogP contribution in [-0.2, 0) is 27.9 Å². The van der Waals surface area contributed by atoms with Crippen LogP contribution in [0.15, 0.2) is 48.5 Å². The molecular formula is C25H33N3O4S. The van der Waals surface area contributed by atoms with Crippen molar-refractivity contribution < 1.29 is 17.9 Å². The third-order valence-electron chi connectivity index (χ3n) is 6.33. The van der Waals surface area contributed by atoms with Gasteiger partial charge in [0.1, 0.15) is 5.75 Å². The molecule has 1 saturated heterocycles. The second-order valence-corrected chi connectivity index (χ2v) is 11.1. The molecule has 0 aliphatic carbocycles. The van der Waals surface area contributed by atoms with Crippen LogP contribution in [0.3, 0.4) is 0 Å². The normalized spacial score (nSPS) is 21.6. The highest BCUT2D eigenvalue weighted by Crippen LogP contribution is 2.33. The van der Waals surface area contributed by atoms with E-state index in [0.717, 1.165) is 31.1 Å². The number of benzene rings is 2. The summed E-state index contributed by atoms with van der Waals surface area (Å²) in [6.07, 6.45) is 3.28. The van der Waals surface area contributed by atoms with Crippen molar-refractivity contribution in [2.45, 2.75) is 45.4 Å². The summed E-state index contributed by atoms with van der Waals surface area (Å²) in [5.74, 6) is 0.916. The number of carbonyl (C=O) groups excluding carboxylic acids is 1. The summed E-state index contributed by atoms with van der Waals surface area (Å²) < 4.78 is 31.7. The van der Waals surface area contributed by atoms with Gasteiger partial charge in [-0.15, -0.1) is 0 Å². The predicted octanol–water partition coefficient (Wildman–Crippen LogP) is 3.15. The Morgan fingerprint density at radius 3 is 2.52 bits per heavy atom. The van der Waals surface area contributed by atoms with Gasteiger partial charge in [-0.2, -0.15) is 0 Å². The maximum Gasteiger partial charge on any atom is 0.261 e. The zero-order chi connectivity index (χ0) is 23.4. The van der Waals surface area contributed by atoms with Crippen molar-refractivity contribution in [3.05, 3.63) is 59.7 Å². The molecule has 2 aliphatic rings. The van der Waals surface area contributed by atoms with E-state index < -0.39 is 16.1 Å². The molecule has 7 nitrogen and oxygen atoms in total. The van der Waals surface area contributed by atoms with E-state index in [2.05, 4.69) is 41.4 Å². The Morgan fingerprint density at radius 1 is 1.06 bits per heavy atom. The third kappa shape index (κ3) is 6.06. The summed E-state index contributed by atoms with van der Waals surface area (Å²) in [7, 11) is -3.47. The number of fused-ring (bicyclic) bond motifs is 1. The van der Waals surface area contributed by atoms with E-state index in [-0.39, 0.29) is 18.9 Å². The van der Waals surface area contributed by atoms with Gasteiger partial charge < -0.3 is 10.1 Å². The van der Waals surface area contributed by atoms with E-state index in [9.17, 15) is 13.2 Å². The lowest BCUT2D eigenvalue weighted by molar-refractivity contribution is -0.128. The van der Waals surface area contributed by atoms with Gasteiger partial charge in [0.2, 0.25) is 10.0 Å². The van der Waals surface area contributed by atoms with E-state index >= 15 is 0 Å². The van der Waals surface area contributed by atoms with Crippen LogP contribution in [0.4, 0.5) is 5.69 Å². The topological polar surface area (TPSA) is 79.0 Å². The average molecular weight is 472 g/mol. The van der Waals surface area contributed by atoms with Crippen LogP contribution < -0.4 is 14.4 Å². The minimum atomic E-state index is -3.47. The first kappa shape index (κ1) is 23.6. The lowest BCUT2D eigenvalue weighted by Gasteiger charge is -2.30. The quantitative estimate of drug-likeness (QED) is 0.700. The number of rotatable bonds is 6. The molecule has 2 aromatic carbocycles. The Morgan fingerprint density at radius 2 is 1.79 bits per heavy atom. The molecule has 0 bridgehead atoms. The standard InChI is InChI=1S/C25H33N3O4S/c1-19-6-5-14-27(17-19)18-21-11-9-20(10-12-21)16-26-25(29)24-13-15-28(33(2,30)31)22-7-3-4-8-23(22)32-24/h3-4,7-12,19,24H,5-6,13-18H2,1-2H3,(H,26,29). The Bertz CT molecular complexity index is 1070. The first-order valence-corrected chi connectivity index (χ1v) is 13.5.